The normalized spacial score (nSPS) is 11.5. The van der Waals surface area contributed by atoms with Crippen molar-refractivity contribution in [1.29, 1.82) is 5.26 Å². The molecule has 0 aliphatic heterocycles. The molecule has 0 aliphatic rings. The first-order valence-corrected chi connectivity index (χ1v) is 13.8. The summed E-state index contributed by atoms with van der Waals surface area (Å²) in [5, 5.41) is 19.0. The van der Waals surface area contributed by atoms with E-state index in [1.165, 1.54) is 18.7 Å². The number of ether oxygens (including phenoxy) is 3. The Labute approximate surface area is 219 Å². The predicted molar refractivity (Wildman–Crippen MR) is 140 cm³/mol. The number of hydrogen-bond donors (Lipinski definition) is 1. The maximum atomic E-state index is 12.5. The summed E-state index contributed by atoms with van der Waals surface area (Å²) in [6.45, 7) is 4.96. The molecular formula is C25H26N4O6S2. The summed E-state index contributed by atoms with van der Waals surface area (Å²) < 4.78 is 39.9. The van der Waals surface area contributed by atoms with Gasteiger partial charge in [-0.2, -0.15) is 5.26 Å². The molecule has 0 atom stereocenters. The quantitative estimate of drug-likeness (QED) is 0.165. The van der Waals surface area contributed by atoms with E-state index in [0.29, 0.717) is 48.0 Å². The van der Waals surface area contributed by atoms with Crippen LogP contribution in [0.1, 0.15) is 23.1 Å². The lowest BCUT2D eigenvalue weighted by molar-refractivity contribution is -0.112. The minimum absolute atomic E-state index is 0.0329. The van der Waals surface area contributed by atoms with Crippen molar-refractivity contribution in [3.05, 3.63) is 58.7 Å². The van der Waals surface area contributed by atoms with E-state index in [4.69, 9.17) is 14.2 Å². The molecule has 3 rings (SSSR count). The van der Waals surface area contributed by atoms with Crippen molar-refractivity contribution in [2.45, 2.75) is 24.6 Å². The molecule has 0 spiro atoms. The summed E-state index contributed by atoms with van der Waals surface area (Å²) in [6, 6.07) is 12.8. The molecule has 10 nitrogen and oxygen atoms in total. The van der Waals surface area contributed by atoms with Crippen molar-refractivity contribution in [3.8, 4) is 23.3 Å². The minimum Gasteiger partial charge on any atom is -0.493 e. The van der Waals surface area contributed by atoms with Gasteiger partial charge in [-0.25, -0.2) is 8.42 Å². The smallest absolute Gasteiger partial charge is 0.268 e. The van der Waals surface area contributed by atoms with Crippen LogP contribution in [0.2, 0.25) is 0 Å². The maximum Gasteiger partial charge on any atom is 0.268 e. The summed E-state index contributed by atoms with van der Waals surface area (Å²) in [5.74, 6) is 1.05. The van der Waals surface area contributed by atoms with Crippen LogP contribution in [0.25, 0.3) is 6.08 Å². The highest BCUT2D eigenvalue weighted by Gasteiger charge is 2.18. The van der Waals surface area contributed by atoms with Crippen LogP contribution in [-0.2, 0) is 14.6 Å². The van der Waals surface area contributed by atoms with Crippen LogP contribution in [0, 0.1) is 25.2 Å². The number of carbonyl (C=O) groups is 1. The number of amides is 1. The molecule has 1 amide bonds. The van der Waals surface area contributed by atoms with E-state index in [0.717, 1.165) is 17.6 Å². The Morgan fingerprint density at radius 1 is 1.11 bits per heavy atom. The number of aromatic nitrogens is 2. The molecule has 0 radical (unpaired) electrons. The molecule has 0 fully saturated rings. The number of hydrogen-bond acceptors (Lipinski definition) is 10. The van der Waals surface area contributed by atoms with Gasteiger partial charge in [0.15, 0.2) is 11.5 Å². The minimum atomic E-state index is -3.55. The highest BCUT2D eigenvalue weighted by atomic mass is 32.2. The number of nitrogens with zero attached hydrogens (tertiary/aromatic N) is 3. The van der Waals surface area contributed by atoms with Crippen LogP contribution in [0.3, 0.4) is 0 Å². The Balaban J connectivity index is 1.60. The Kier molecular flexibility index (Phi) is 9.21. The molecule has 1 aromatic heterocycles. The summed E-state index contributed by atoms with van der Waals surface area (Å²) in [7, 11) is -2.06. The summed E-state index contributed by atoms with van der Waals surface area (Å²) in [4.78, 5) is 12.5. The lowest BCUT2D eigenvalue weighted by atomic mass is 10.1. The van der Waals surface area contributed by atoms with E-state index in [2.05, 4.69) is 15.5 Å². The number of methoxy groups -OCH3 is 1. The number of anilines is 1. The highest BCUT2D eigenvalue weighted by molar-refractivity contribution is 7.92. The number of carbonyl (C=O) groups excluding carboxylic acids is 1. The van der Waals surface area contributed by atoms with E-state index in [1.54, 1.807) is 18.2 Å². The number of rotatable bonds is 11. The third-order valence-electron chi connectivity index (χ3n) is 5.17. The van der Waals surface area contributed by atoms with Crippen molar-refractivity contribution in [3.63, 3.8) is 0 Å². The maximum absolute atomic E-state index is 12.5. The number of nitriles is 1. The van der Waals surface area contributed by atoms with Crippen LogP contribution in [0.15, 0.2) is 46.3 Å². The fourth-order valence-electron chi connectivity index (χ4n) is 3.09. The van der Waals surface area contributed by atoms with Crippen molar-refractivity contribution >= 4 is 38.3 Å². The highest BCUT2D eigenvalue weighted by Crippen LogP contribution is 2.29. The van der Waals surface area contributed by atoms with Crippen molar-refractivity contribution < 1.29 is 27.4 Å². The van der Waals surface area contributed by atoms with Crippen LogP contribution in [0.5, 0.6) is 17.2 Å². The first kappa shape index (κ1) is 27.6. The lowest BCUT2D eigenvalue weighted by Gasteiger charge is -2.13. The molecule has 2 aromatic carbocycles. The zero-order valence-corrected chi connectivity index (χ0v) is 22.4. The van der Waals surface area contributed by atoms with Gasteiger partial charge in [-0.1, -0.05) is 29.5 Å². The van der Waals surface area contributed by atoms with Gasteiger partial charge in [-0.05, 0) is 54.8 Å². The molecule has 1 N–H and O–H groups in total. The predicted octanol–water partition coefficient (Wildman–Crippen LogP) is 3.96. The molecule has 0 aliphatic carbocycles. The average molecular weight is 543 g/mol. The second-order valence-corrected chi connectivity index (χ2v) is 11.1. The van der Waals surface area contributed by atoms with Crippen LogP contribution >= 0.6 is 11.3 Å². The Hall–Kier alpha value is -3.95. The van der Waals surface area contributed by atoms with Gasteiger partial charge in [0, 0.05) is 12.7 Å². The zero-order valence-electron chi connectivity index (χ0n) is 20.8. The van der Waals surface area contributed by atoms with E-state index in [1.807, 2.05) is 38.1 Å². The third-order valence-corrected chi connectivity index (χ3v) is 7.67. The van der Waals surface area contributed by atoms with E-state index in [-0.39, 0.29) is 15.0 Å². The summed E-state index contributed by atoms with van der Waals surface area (Å²) in [5.41, 5.74) is 2.60. The Morgan fingerprint density at radius 2 is 1.84 bits per heavy atom. The van der Waals surface area contributed by atoms with Gasteiger partial charge in [-0.3, -0.25) is 10.1 Å². The topological polar surface area (TPSA) is 140 Å². The number of sulfone groups is 1. The van der Waals surface area contributed by atoms with Gasteiger partial charge < -0.3 is 14.2 Å². The number of nitrogens with one attached hydrogen (secondary N) is 1. The number of benzene rings is 2. The zero-order chi connectivity index (χ0) is 27.0. The van der Waals surface area contributed by atoms with Crippen molar-refractivity contribution in [2.24, 2.45) is 0 Å². The number of aryl methyl sites for hydroxylation is 1. The van der Waals surface area contributed by atoms with E-state index >= 15 is 0 Å². The first-order valence-electron chi connectivity index (χ1n) is 11.1. The second kappa shape index (κ2) is 12.3. The Morgan fingerprint density at radius 3 is 2.49 bits per heavy atom. The Bertz CT molecular complexity index is 1460. The molecule has 0 saturated heterocycles. The van der Waals surface area contributed by atoms with Crippen molar-refractivity contribution in [2.75, 3.05) is 31.9 Å². The van der Waals surface area contributed by atoms with Gasteiger partial charge in [-0.15, -0.1) is 10.2 Å². The van der Waals surface area contributed by atoms with Gasteiger partial charge in [0.2, 0.25) is 19.3 Å². The molecule has 37 heavy (non-hydrogen) atoms. The molecule has 3 aromatic rings. The molecule has 0 bridgehead atoms. The molecule has 12 heteroatoms. The first-order chi connectivity index (χ1) is 17.6. The van der Waals surface area contributed by atoms with Crippen LogP contribution in [0.4, 0.5) is 5.13 Å². The van der Waals surface area contributed by atoms with Crippen LogP contribution < -0.4 is 19.5 Å². The van der Waals surface area contributed by atoms with Gasteiger partial charge >= 0.3 is 0 Å². The third kappa shape index (κ3) is 7.52. The largest absolute Gasteiger partial charge is 0.493 e. The molecular weight excluding hydrogens is 516 g/mol. The van der Waals surface area contributed by atoms with Gasteiger partial charge in [0.1, 0.15) is 17.4 Å². The molecule has 1 heterocycles. The molecule has 0 saturated carbocycles. The fraction of sp³-hybridized carbons (Fsp3) is 0.280. The monoisotopic (exact) mass is 542 g/mol. The van der Waals surface area contributed by atoms with Gasteiger partial charge in [0.05, 0.1) is 20.3 Å². The SMILES string of the molecule is COc1cc(/C=C(/C#N)C(=O)Nc2nnc(S(C)(=O)=O)s2)ccc1OCCCOc1cccc(C)c1C. The molecule has 194 valence electrons. The van der Waals surface area contributed by atoms with E-state index in [9.17, 15) is 18.5 Å². The van der Waals surface area contributed by atoms with E-state index < -0.39 is 15.7 Å². The molecule has 0 unspecified atom stereocenters. The second-order valence-electron chi connectivity index (χ2n) is 7.93. The standard InChI is InChI=1S/C25H26N4O6S2/c1-16-7-5-8-20(17(16)2)34-11-6-12-35-21-10-9-18(14-22(21)33-3)13-19(15-26)23(30)27-24-28-29-25(36-24)37(4,31)32/h5,7-10,13-14H,6,11-12H2,1-4H3,(H,27,28,30)/b19-13-. The van der Waals surface area contributed by atoms with Gasteiger partial charge in [0.25, 0.3) is 5.91 Å². The fourth-order valence-corrected chi connectivity index (χ4v) is 4.59. The van der Waals surface area contributed by atoms with Crippen LogP contribution in [-0.4, -0.2) is 51.1 Å². The summed E-state index contributed by atoms with van der Waals surface area (Å²) >= 11 is 0.697. The average Bonchev–Trinajstić information content (AvgIpc) is 3.34. The van der Waals surface area contributed by atoms with Crippen molar-refractivity contribution in [1.82, 2.24) is 10.2 Å². The summed E-state index contributed by atoms with van der Waals surface area (Å²) in [6.07, 6.45) is 3.02. The lowest BCUT2D eigenvalue weighted by Crippen LogP contribution is -2.13.